The lowest BCUT2D eigenvalue weighted by atomic mass is 10.0. The number of nitrogens with zero attached hydrogens (tertiary/aromatic N) is 1. The molecule has 2 saturated heterocycles. The van der Waals surface area contributed by atoms with Crippen LogP contribution in [-0.4, -0.2) is 51.1 Å². The molecule has 0 spiro atoms. The van der Waals surface area contributed by atoms with Crippen LogP contribution in [0.15, 0.2) is 29.2 Å². The second-order valence-electron chi connectivity index (χ2n) is 6.84. The highest BCUT2D eigenvalue weighted by molar-refractivity contribution is 7.89. The number of carbonyl (C=O) groups is 1. The van der Waals surface area contributed by atoms with Gasteiger partial charge in [0.25, 0.3) is 0 Å². The molecule has 0 saturated carbocycles. The largest absolute Gasteiger partial charge is 0.459 e. The van der Waals surface area contributed by atoms with Gasteiger partial charge < -0.3 is 9.47 Å². The van der Waals surface area contributed by atoms with Crippen LogP contribution in [-0.2, 0) is 19.5 Å². The number of hydrogen-bond donors (Lipinski definition) is 0. The number of sulfonamides is 1. The van der Waals surface area contributed by atoms with Gasteiger partial charge in [0.2, 0.25) is 10.0 Å². The fourth-order valence-corrected chi connectivity index (χ4v) is 4.63. The molecule has 6 nitrogen and oxygen atoms in total. The molecule has 2 aliphatic heterocycles. The molecule has 2 heterocycles. The first-order valence-corrected chi connectivity index (χ1v) is 10.3. The number of rotatable bonds is 5. The summed E-state index contributed by atoms with van der Waals surface area (Å²) in [5.74, 6) is 0.110. The van der Waals surface area contributed by atoms with E-state index in [1.165, 1.54) is 28.6 Å². The summed E-state index contributed by atoms with van der Waals surface area (Å²) in [5.41, 5.74) is 0.351. The van der Waals surface area contributed by atoms with Gasteiger partial charge in [0.1, 0.15) is 6.61 Å². The lowest BCUT2D eigenvalue weighted by Crippen LogP contribution is -2.37. The topological polar surface area (TPSA) is 72.9 Å². The summed E-state index contributed by atoms with van der Waals surface area (Å²) in [6.07, 6.45) is 3.63. The van der Waals surface area contributed by atoms with Crippen LogP contribution in [0.4, 0.5) is 0 Å². The molecular weight excluding hydrogens is 342 g/mol. The standard InChI is InChI=1S/C18H25NO5S/c1-14-8-10-19(11-9-14)25(21,22)17-6-4-15(5-7-17)18(20)24-13-16-3-2-12-23-16/h4-7,14,16H,2-3,8-13H2,1H3. The van der Waals surface area contributed by atoms with Crippen molar-refractivity contribution in [1.29, 1.82) is 0 Å². The second kappa shape index (κ2) is 7.85. The number of ether oxygens (including phenoxy) is 2. The van der Waals surface area contributed by atoms with E-state index in [9.17, 15) is 13.2 Å². The van der Waals surface area contributed by atoms with Gasteiger partial charge in [-0.05, 0) is 55.9 Å². The maximum absolute atomic E-state index is 12.7. The Labute approximate surface area is 149 Å². The van der Waals surface area contributed by atoms with E-state index < -0.39 is 16.0 Å². The molecule has 7 heteroatoms. The Morgan fingerprint density at radius 1 is 1.20 bits per heavy atom. The molecule has 2 aliphatic rings. The molecule has 1 atom stereocenters. The molecule has 0 aromatic heterocycles. The third kappa shape index (κ3) is 4.40. The molecule has 0 N–H and O–H groups in total. The van der Waals surface area contributed by atoms with E-state index in [-0.39, 0.29) is 17.6 Å². The Balaban J connectivity index is 1.61. The fraction of sp³-hybridized carbons (Fsp3) is 0.611. The van der Waals surface area contributed by atoms with E-state index in [0.29, 0.717) is 31.2 Å². The van der Waals surface area contributed by atoms with E-state index in [0.717, 1.165) is 25.7 Å². The molecule has 0 bridgehead atoms. The van der Waals surface area contributed by atoms with E-state index in [1.807, 2.05) is 0 Å². The monoisotopic (exact) mass is 367 g/mol. The molecule has 25 heavy (non-hydrogen) atoms. The van der Waals surface area contributed by atoms with Crippen LogP contribution in [0.5, 0.6) is 0 Å². The maximum Gasteiger partial charge on any atom is 0.338 e. The van der Waals surface area contributed by atoms with Gasteiger partial charge in [-0.3, -0.25) is 0 Å². The van der Waals surface area contributed by atoms with Gasteiger partial charge in [-0.25, -0.2) is 13.2 Å². The van der Waals surface area contributed by atoms with Gasteiger partial charge in [-0.2, -0.15) is 4.31 Å². The summed E-state index contributed by atoms with van der Waals surface area (Å²) in [4.78, 5) is 12.3. The molecule has 0 radical (unpaired) electrons. The maximum atomic E-state index is 12.7. The summed E-state index contributed by atoms with van der Waals surface area (Å²) >= 11 is 0. The summed E-state index contributed by atoms with van der Waals surface area (Å²) in [6, 6.07) is 5.99. The minimum atomic E-state index is -3.49. The Morgan fingerprint density at radius 3 is 2.48 bits per heavy atom. The molecule has 1 aromatic carbocycles. The van der Waals surface area contributed by atoms with E-state index in [4.69, 9.17) is 9.47 Å². The fourth-order valence-electron chi connectivity index (χ4n) is 3.17. The number of carbonyl (C=O) groups excluding carboxylic acids is 1. The molecule has 3 rings (SSSR count). The van der Waals surface area contributed by atoms with Gasteiger partial charge in [-0.15, -0.1) is 0 Å². The van der Waals surface area contributed by atoms with Crippen molar-refractivity contribution >= 4 is 16.0 Å². The van der Waals surface area contributed by atoms with E-state index >= 15 is 0 Å². The summed E-state index contributed by atoms with van der Waals surface area (Å²) in [7, 11) is -3.49. The number of piperidine rings is 1. The first-order valence-electron chi connectivity index (χ1n) is 8.86. The van der Waals surface area contributed by atoms with Crippen LogP contribution >= 0.6 is 0 Å². The van der Waals surface area contributed by atoms with Crippen molar-refractivity contribution in [3.05, 3.63) is 29.8 Å². The van der Waals surface area contributed by atoms with Crippen LogP contribution < -0.4 is 0 Å². The zero-order valence-corrected chi connectivity index (χ0v) is 15.3. The number of esters is 1. The normalized spacial score (nSPS) is 22.8. The summed E-state index contributed by atoms with van der Waals surface area (Å²) < 4.78 is 37.5. The van der Waals surface area contributed by atoms with Crippen molar-refractivity contribution in [3.63, 3.8) is 0 Å². The van der Waals surface area contributed by atoms with Crippen LogP contribution in [0.1, 0.15) is 43.0 Å². The predicted molar refractivity (Wildman–Crippen MR) is 92.9 cm³/mol. The van der Waals surface area contributed by atoms with Crippen molar-refractivity contribution in [3.8, 4) is 0 Å². The Hall–Kier alpha value is -1.44. The lowest BCUT2D eigenvalue weighted by Gasteiger charge is -2.29. The molecular formula is C18H25NO5S. The molecule has 0 amide bonds. The minimum Gasteiger partial charge on any atom is -0.459 e. The van der Waals surface area contributed by atoms with E-state index in [1.54, 1.807) is 0 Å². The van der Waals surface area contributed by atoms with Crippen LogP contribution in [0.25, 0.3) is 0 Å². The minimum absolute atomic E-state index is 0.0231. The highest BCUT2D eigenvalue weighted by Gasteiger charge is 2.28. The third-order valence-corrected chi connectivity index (χ3v) is 6.81. The highest BCUT2D eigenvalue weighted by atomic mass is 32.2. The van der Waals surface area contributed by atoms with Gasteiger partial charge in [-0.1, -0.05) is 6.92 Å². The second-order valence-corrected chi connectivity index (χ2v) is 8.78. The number of benzene rings is 1. The van der Waals surface area contributed by atoms with Gasteiger partial charge in [0, 0.05) is 19.7 Å². The Kier molecular flexibility index (Phi) is 5.76. The first kappa shape index (κ1) is 18.4. The highest BCUT2D eigenvalue weighted by Crippen LogP contribution is 2.23. The molecule has 1 aromatic rings. The van der Waals surface area contributed by atoms with Crippen molar-refractivity contribution in [2.75, 3.05) is 26.3 Å². The molecule has 0 aliphatic carbocycles. The smallest absolute Gasteiger partial charge is 0.338 e. The van der Waals surface area contributed by atoms with Crippen molar-refractivity contribution in [2.45, 2.75) is 43.6 Å². The zero-order valence-electron chi connectivity index (χ0n) is 14.5. The first-order chi connectivity index (χ1) is 12.0. The van der Waals surface area contributed by atoms with Gasteiger partial charge in [0.05, 0.1) is 16.6 Å². The third-order valence-electron chi connectivity index (χ3n) is 4.89. The van der Waals surface area contributed by atoms with Crippen LogP contribution in [0.3, 0.4) is 0 Å². The Bertz CT molecular complexity index is 687. The van der Waals surface area contributed by atoms with Crippen molar-refractivity contribution in [1.82, 2.24) is 4.31 Å². The van der Waals surface area contributed by atoms with Crippen molar-refractivity contribution < 1.29 is 22.7 Å². The number of hydrogen-bond acceptors (Lipinski definition) is 5. The average Bonchev–Trinajstić information content (AvgIpc) is 3.14. The van der Waals surface area contributed by atoms with Gasteiger partial charge >= 0.3 is 5.97 Å². The predicted octanol–water partition coefficient (Wildman–Crippen LogP) is 2.44. The van der Waals surface area contributed by atoms with E-state index in [2.05, 4.69) is 6.92 Å². The molecule has 138 valence electrons. The SMILES string of the molecule is CC1CCN(S(=O)(=O)c2ccc(C(=O)OCC3CCCO3)cc2)CC1. The average molecular weight is 367 g/mol. The zero-order chi connectivity index (χ0) is 17.9. The lowest BCUT2D eigenvalue weighted by molar-refractivity contribution is 0.0161. The summed E-state index contributed by atoms with van der Waals surface area (Å²) in [5, 5.41) is 0. The molecule has 1 unspecified atom stereocenters. The molecule has 2 fully saturated rings. The summed E-state index contributed by atoms with van der Waals surface area (Å²) in [6.45, 7) is 4.19. The van der Waals surface area contributed by atoms with Crippen LogP contribution in [0.2, 0.25) is 0 Å². The quantitative estimate of drug-likeness (QED) is 0.748. The van der Waals surface area contributed by atoms with Crippen LogP contribution in [0, 0.1) is 5.92 Å². The van der Waals surface area contributed by atoms with Gasteiger partial charge in [0.15, 0.2) is 0 Å². The Morgan fingerprint density at radius 2 is 1.88 bits per heavy atom. The van der Waals surface area contributed by atoms with Crippen molar-refractivity contribution in [2.24, 2.45) is 5.92 Å².